The molecule has 0 aliphatic carbocycles. The molecule has 1 heterocycles. The number of benzene rings is 2. The van der Waals surface area contributed by atoms with E-state index < -0.39 is 0 Å². The topological polar surface area (TPSA) is 59.6 Å². The predicted octanol–water partition coefficient (Wildman–Crippen LogP) is 4.43. The van der Waals surface area contributed by atoms with E-state index in [-0.39, 0.29) is 6.03 Å². The molecule has 2 N–H and O–H groups in total. The van der Waals surface area contributed by atoms with Crippen molar-refractivity contribution in [3.8, 4) is 22.6 Å². The average molecular weight is 382 g/mol. The van der Waals surface area contributed by atoms with Gasteiger partial charge in [0.05, 0.1) is 14.2 Å². The van der Waals surface area contributed by atoms with E-state index >= 15 is 0 Å². The number of hydrogen-bond acceptors (Lipinski definition) is 4. The SMILES string of the molecule is COc1ccc(CNC(=O)NCc2ccccc2-c2ccsc2)cc1OC. The summed E-state index contributed by atoms with van der Waals surface area (Å²) in [7, 11) is 3.18. The highest BCUT2D eigenvalue weighted by atomic mass is 32.1. The summed E-state index contributed by atoms with van der Waals surface area (Å²) < 4.78 is 10.5. The minimum atomic E-state index is -0.218. The number of urea groups is 1. The zero-order valence-electron chi connectivity index (χ0n) is 15.3. The van der Waals surface area contributed by atoms with Crippen molar-refractivity contribution in [1.29, 1.82) is 0 Å². The molecule has 27 heavy (non-hydrogen) atoms. The van der Waals surface area contributed by atoms with Crippen molar-refractivity contribution in [2.75, 3.05) is 14.2 Å². The summed E-state index contributed by atoms with van der Waals surface area (Å²) >= 11 is 1.66. The number of carbonyl (C=O) groups is 1. The first kappa shape index (κ1) is 18.8. The molecule has 2 aromatic carbocycles. The Morgan fingerprint density at radius 1 is 0.963 bits per heavy atom. The summed E-state index contributed by atoms with van der Waals surface area (Å²) in [6, 6.07) is 15.5. The molecule has 2 amide bonds. The van der Waals surface area contributed by atoms with Crippen LogP contribution in [0.1, 0.15) is 11.1 Å². The molecule has 140 valence electrons. The number of thiophene rings is 1. The van der Waals surface area contributed by atoms with Crippen molar-refractivity contribution < 1.29 is 14.3 Å². The minimum absolute atomic E-state index is 0.218. The second kappa shape index (κ2) is 9.09. The van der Waals surface area contributed by atoms with Gasteiger partial charge in [-0.2, -0.15) is 11.3 Å². The maximum Gasteiger partial charge on any atom is 0.315 e. The maximum absolute atomic E-state index is 12.2. The Morgan fingerprint density at radius 2 is 1.74 bits per heavy atom. The second-order valence-corrected chi connectivity index (χ2v) is 6.67. The van der Waals surface area contributed by atoms with E-state index in [1.54, 1.807) is 25.6 Å². The lowest BCUT2D eigenvalue weighted by molar-refractivity contribution is 0.240. The molecule has 0 aliphatic rings. The first-order valence-electron chi connectivity index (χ1n) is 8.54. The van der Waals surface area contributed by atoms with Gasteiger partial charge in [-0.1, -0.05) is 30.3 Å². The van der Waals surface area contributed by atoms with Crippen LogP contribution in [0, 0.1) is 0 Å². The van der Waals surface area contributed by atoms with Crippen LogP contribution in [0.2, 0.25) is 0 Å². The Labute approximate surface area is 162 Å². The molecule has 3 rings (SSSR count). The maximum atomic E-state index is 12.2. The third-order valence-electron chi connectivity index (χ3n) is 4.19. The van der Waals surface area contributed by atoms with Crippen LogP contribution in [0.15, 0.2) is 59.3 Å². The Balaban J connectivity index is 1.57. The number of carbonyl (C=O) groups excluding carboxylic acids is 1. The second-order valence-electron chi connectivity index (χ2n) is 5.89. The molecule has 0 spiro atoms. The largest absolute Gasteiger partial charge is 0.493 e. The smallest absolute Gasteiger partial charge is 0.315 e. The van der Waals surface area contributed by atoms with E-state index in [1.807, 2.05) is 36.4 Å². The van der Waals surface area contributed by atoms with Crippen LogP contribution in [0.4, 0.5) is 4.79 Å². The van der Waals surface area contributed by atoms with Gasteiger partial charge in [-0.05, 0) is 51.2 Å². The van der Waals surface area contributed by atoms with Gasteiger partial charge in [0.2, 0.25) is 0 Å². The van der Waals surface area contributed by atoms with E-state index in [1.165, 1.54) is 5.56 Å². The molecule has 0 fully saturated rings. The van der Waals surface area contributed by atoms with Crippen molar-refractivity contribution >= 4 is 17.4 Å². The zero-order valence-corrected chi connectivity index (χ0v) is 16.1. The molecule has 0 radical (unpaired) electrons. The number of nitrogens with one attached hydrogen (secondary N) is 2. The molecule has 5 nitrogen and oxygen atoms in total. The van der Waals surface area contributed by atoms with Crippen molar-refractivity contribution in [3.05, 3.63) is 70.4 Å². The summed E-state index contributed by atoms with van der Waals surface area (Å²) in [6.07, 6.45) is 0. The quantitative estimate of drug-likeness (QED) is 0.635. The summed E-state index contributed by atoms with van der Waals surface area (Å²) in [5.74, 6) is 1.30. The molecule has 3 aromatic rings. The third-order valence-corrected chi connectivity index (χ3v) is 4.87. The number of amides is 2. The molecule has 0 aliphatic heterocycles. The first-order chi connectivity index (χ1) is 13.2. The molecule has 0 atom stereocenters. The normalized spacial score (nSPS) is 10.3. The monoisotopic (exact) mass is 382 g/mol. The summed E-state index contributed by atoms with van der Waals surface area (Å²) in [6.45, 7) is 0.863. The standard InChI is InChI=1S/C21H22N2O3S/c1-25-19-8-7-15(11-20(19)26-2)12-22-21(24)23-13-16-5-3-4-6-18(16)17-9-10-27-14-17/h3-11,14H,12-13H2,1-2H3,(H2,22,23,24). The van der Waals surface area contributed by atoms with Crippen LogP contribution < -0.4 is 20.1 Å². The lowest BCUT2D eigenvalue weighted by atomic mass is 10.0. The van der Waals surface area contributed by atoms with E-state index in [0.29, 0.717) is 24.6 Å². The van der Waals surface area contributed by atoms with Gasteiger partial charge >= 0.3 is 6.03 Å². The lowest BCUT2D eigenvalue weighted by Crippen LogP contribution is -2.34. The fourth-order valence-corrected chi connectivity index (χ4v) is 3.44. The molecular weight excluding hydrogens is 360 g/mol. The van der Waals surface area contributed by atoms with Crippen LogP contribution >= 0.6 is 11.3 Å². The highest BCUT2D eigenvalue weighted by Gasteiger charge is 2.08. The zero-order chi connectivity index (χ0) is 19.1. The first-order valence-corrected chi connectivity index (χ1v) is 9.48. The third kappa shape index (κ3) is 4.80. The number of hydrogen-bond donors (Lipinski definition) is 2. The Kier molecular flexibility index (Phi) is 6.33. The summed E-state index contributed by atoms with van der Waals surface area (Å²) in [5.41, 5.74) is 4.32. The molecule has 6 heteroatoms. The van der Waals surface area contributed by atoms with Gasteiger partial charge in [0.1, 0.15) is 0 Å². The minimum Gasteiger partial charge on any atom is -0.493 e. The van der Waals surface area contributed by atoms with E-state index in [2.05, 4.69) is 33.5 Å². The van der Waals surface area contributed by atoms with Crippen LogP contribution in [0.5, 0.6) is 11.5 Å². The molecule has 1 aromatic heterocycles. The predicted molar refractivity (Wildman–Crippen MR) is 108 cm³/mol. The van der Waals surface area contributed by atoms with Crippen molar-refractivity contribution in [1.82, 2.24) is 10.6 Å². The van der Waals surface area contributed by atoms with Crippen LogP contribution in [-0.2, 0) is 13.1 Å². The van der Waals surface area contributed by atoms with Crippen molar-refractivity contribution in [2.45, 2.75) is 13.1 Å². The molecule has 0 unspecified atom stereocenters. The van der Waals surface area contributed by atoms with Gasteiger partial charge in [-0.3, -0.25) is 0 Å². The van der Waals surface area contributed by atoms with Crippen LogP contribution in [-0.4, -0.2) is 20.3 Å². The van der Waals surface area contributed by atoms with Gasteiger partial charge in [-0.25, -0.2) is 4.79 Å². The molecule has 0 saturated carbocycles. The Hall–Kier alpha value is -2.99. The Bertz CT molecular complexity index is 894. The van der Waals surface area contributed by atoms with Gasteiger partial charge in [0, 0.05) is 13.1 Å². The molecular formula is C21H22N2O3S. The average Bonchev–Trinajstić information content (AvgIpc) is 3.25. The number of ether oxygens (including phenoxy) is 2. The fourth-order valence-electron chi connectivity index (χ4n) is 2.78. The van der Waals surface area contributed by atoms with E-state index in [0.717, 1.165) is 16.7 Å². The van der Waals surface area contributed by atoms with Crippen LogP contribution in [0.25, 0.3) is 11.1 Å². The molecule has 0 bridgehead atoms. The summed E-state index contributed by atoms with van der Waals surface area (Å²) in [4.78, 5) is 12.2. The van der Waals surface area contributed by atoms with Gasteiger partial charge < -0.3 is 20.1 Å². The summed E-state index contributed by atoms with van der Waals surface area (Å²) in [5, 5.41) is 9.95. The van der Waals surface area contributed by atoms with Gasteiger partial charge in [0.15, 0.2) is 11.5 Å². The highest BCUT2D eigenvalue weighted by molar-refractivity contribution is 7.08. The molecule has 0 saturated heterocycles. The number of rotatable bonds is 7. The Morgan fingerprint density at radius 3 is 2.48 bits per heavy atom. The van der Waals surface area contributed by atoms with E-state index in [9.17, 15) is 4.79 Å². The van der Waals surface area contributed by atoms with E-state index in [4.69, 9.17) is 9.47 Å². The van der Waals surface area contributed by atoms with Crippen molar-refractivity contribution in [2.24, 2.45) is 0 Å². The fraction of sp³-hybridized carbons (Fsp3) is 0.190. The highest BCUT2D eigenvalue weighted by Crippen LogP contribution is 2.27. The lowest BCUT2D eigenvalue weighted by Gasteiger charge is -2.12. The van der Waals surface area contributed by atoms with Crippen LogP contribution in [0.3, 0.4) is 0 Å². The van der Waals surface area contributed by atoms with Gasteiger partial charge in [-0.15, -0.1) is 0 Å². The van der Waals surface area contributed by atoms with Gasteiger partial charge in [0.25, 0.3) is 0 Å². The number of methoxy groups -OCH3 is 2. The van der Waals surface area contributed by atoms with Crippen molar-refractivity contribution in [3.63, 3.8) is 0 Å².